The van der Waals surface area contributed by atoms with Gasteiger partial charge < -0.3 is 14.6 Å². The van der Waals surface area contributed by atoms with E-state index in [0.717, 1.165) is 60.1 Å². The third-order valence-electron chi connectivity index (χ3n) is 9.04. The van der Waals surface area contributed by atoms with Crippen LogP contribution in [0.25, 0.3) is 11.1 Å². The second kappa shape index (κ2) is 11.2. The molecule has 3 aromatic rings. The molecule has 0 radical (unpaired) electrons. The number of carbonyl (C=O) groups is 1. The number of ether oxygens (including phenoxy) is 2. The summed E-state index contributed by atoms with van der Waals surface area (Å²) in [6.45, 7) is 4.27. The molecule has 6 heteroatoms. The average Bonchev–Trinajstić information content (AvgIpc) is 3.55. The molecule has 212 valence electrons. The normalized spacial score (nSPS) is 19.8. The summed E-state index contributed by atoms with van der Waals surface area (Å²) in [6.07, 6.45) is 5.56. The van der Waals surface area contributed by atoms with Gasteiger partial charge in [0.05, 0.1) is 6.42 Å². The zero-order chi connectivity index (χ0) is 28.5. The summed E-state index contributed by atoms with van der Waals surface area (Å²) < 4.78 is 36.7. The summed E-state index contributed by atoms with van der Waals surface area (Å²) in [5, 5.41) is 9.50. The Morgan fingerprint density at radius 2 is 1.73 bits per heavy atom. The van der Waals surface area contributed by atoms with E-state index in [-0.39, 0.29) is 28.9 Å². The van der Waals surface area contributed by atoms with Gasteiger partial charge in [-0.3, -0.25) is 4.79 Å². The molecule has 1 N–H and O–H groups in total. The predicted octanol–water partition coefficient (Wildman–Crippen LogP) is 9.19. The summed E-state index contributed by atoms with van der Waals surface area (Å²) >= 11 is 0. The summed E-state index contributed by atoms with van der Waals surface area (Å²) in [4.78, 5) is 11.6. The number of benzene rings is 3. The standard InChI is InChI=1S/C34H38F2O4/c1-33(2)14-6-11-29(33)28-17-22(12-13-27(28)23-7-4-10-26(18-23)40-32(35)36)21-39-25-9-5-8-24(19-25)30(20-31(37)38)34(3)15-16-34/h4-5,7-10,12-13,17-19,29-30,32H,6,11,14-16,20-21H2,1-3H3,(H,37,38)/t29-,30+/m1/s1. The number of alkyl halides is 2. The number of rotatable bonds is 11. The highest BCUT2D eigenvalue weighted by molar-refractivity contribution is 5.70. The van der Waals surface area contributed by atoms with Crippen molar-refractivity contribution < 1.29 is 28.2 Å². The van der Waals surface area contributed by atoms with E-state index < -0.39 is 12.6 Å². The molecule has 40 heavy (non-hydrogen) atoms. The van der Waals surface area contributed by atoms with Gasteiger partial charge in [-0.15, -0.1) is 0 Å². The molecular weight excluding hydrogens is 510 g/mol. The van der Waals surface area contributed by atoms with Crippen LogP contribution in [0.2, 0.25) is 0 Å². The molecule has 0 heterocycles. The van der Waals surface area contributed by atoms with E-state index in [4.69, 9.17) is 4.74 Å². The average molecular weight is 549 g/mol. The molecule has 0 spiro atoms. The van der Waals surface area contributed by atoms with Crippen LogP contribution >= 0.6 is 0 Å². The minimum Gasteiger partial charge on any atom is -0.489 e. The zero-order valence-electron chi connectivity index (χ0n) is 23.5. The van der Waals surface area contributed by atoms with E-state index in [1.165, 1.54) is 5.56 Å². The van der Waals surface area contributed by atoms with Gasteiger partial charge in [0.2, 0.25) is 0 Å². The van der Waals surface area contributed by atoms with E-state index in [9.17, 15) is 18.7 Å². The van der Waals surface area contributed by atoms with Crippen LogP contribution < -0.4 is 9.47 Å². The van der Waals surface area contributed by atoms with E-state index in [1.54, 1.807) is 18.2 Å². The molecule has 0 aromatic heterocycles. The first kappa shape index (κ1) is 28.1. The highest BCUT2D eigenvalue weighted by Crippen LogP contribution is 2.57. The van der Waals surface area contributed by atoms with Crippen LogP contribution in [0.3, 0.4) is 0 Å². The summed E-state index contributed by atoms with van der Waals surface area (Å²) in [5.41, 5.74) is 5.28. The third-order valence-corrected chi connectivity index (χ3v) is 9.04. The van der Waals surface area contributed by atoms with Gasteiger partial charge >= 0.3 is 12.6 Å². The Morgan fingerprint density at radius 1 is 0.975 bits per heavy atom. The molecule has 2 atom stereocenters. The van der Waals surface area contributed by atoms with Crippen molar-refractivity contribution in [2.75, 3.05) is 0 Å². The minimum absolute atomic E-state index is 0.0335. The van der Waals surface area contributed by atoms with Crippen molar-refractivity contribution in [2.24, 2.45) is 10.8 Å². The number of aliphatic carboxylic acids is 1. The first-order chi connectivity index (χ1) is 19.0. The van der Waals surface area contributed by atoms with Gasteiger partial charge in [-0.25, -0.2) is 0 Å². The van der Waals surface area contributed by atoms with Gasteiger partial charge in [0.25, 0.3) is 0 Å². The number of carboxylic acids is 1. The Kier molecular flexibility index (Phi) is 7.89. The fourth-order valence-corrected chi connectivity index (χ4v) is 6.47. The molecule has 0 unspecified atom stereocenters. The van der Waals surface area contributed by atoms with E-state index in [2.05, 4.69) is 37.6 Å². The third kappa shape index (κ3) is 6.32. The largest absolute Gasteiger partial charge is 0.489 e. The molecule has 2 aliphatic carbocycles. The van der Waals surface area contributed by atoms with Gasteiger partial charge in [0.1, 0.15) is 18.1 Å². The second-order valence-electron chi connectivity index (χ2n) is 12.4. The van der Waals surface area contributed by atoms with Crippen LogP contribution in [0.1, 0.15) is 87.8 Å². The molecule has 3 aromatic carbocycles. The smallest absolute Gasteiger partial charge is 0.387 e. The lowest BCUT2D eigenvalue weighted by atomic mass is 9.75. The topological polar surface area (TPSA) is 55.8 Å². The van der Waals surface area contributed by atoms with Crippen LogP contribution in [0, 0.1) is 10.8 Å². The first-order valence-electron chi connectivity index (χ1n) is 14.2. The lowest BCUT2D eigenvalue weighted by Gasteiger charge is -2.30. The van der Waals surface area contributed by atoms with Gasteiger partial charge in [-0.1, -0.05) is 69.7 Å². The summed E-state index contributed by atoms with van der Waals surface area (Å²) in [5.74, 6) is 0.395. The Morgan fingerprint density at radius 3 is 2.40 bits per heavy atom. The van der Waals surface area contributed by atoms with Crippen LogP contribution in [0.15, 0.2) is 66.7 Å². The second-order valence-corrected chi connectivity index (χ2v) is 12.4. The molecule has 0 aliphatic heterocycles. The van der Waals surface area contributed by atoms with Crippen LogP contribution in [-0.2, 0) is 11.4 Å². The van der Waals surface area contributed by atoms with Crippen molar-refractivity contribution in [2.45, 2.75) is 84.4 Å². The lowest BCUT2D eigenvalue weighted by molar-refractivity contribution is -0.137. The summed E-state index contributed by atoms with van der Waals surface area (Å²) in [6, 6.07) is 21.1. The Balaban J connectivity index is 1.41. The fourth-order valence-electron chi connectivity index (χ4n) is 6.47. The maximum Gasteiger partial charge on any atom is 0.387 e. The summed E-state index contributed by atoms with van der Waals surface area (Å²) in [7, 11) is 0. The molecule has 0 bridgehead atoms. The molecule has 2 aliphatic rings. The Hall–Kier alpha value is -3.41. The number of carboxylic acid groups (broad SMARTS) is 1. The maximum atomic E-state index is 12.9. The predicted molar refractivity (Wildman–Crippen MR) is 152 cm³/mol. The van der Waals surface area contributed by atoms with Crippen LogP contribution in [0.5, 0.6) is 11.5 Å². The van der Waals surface area contributed by atoms with Gasteiger partial charge in [-0.05, 0) is 100 Å². The molecule has 4 nitrogen and oxygen atoms in total. The zero-order valence-corrected chi connectivity index (χ0v) is 23.5. The Labute approximate surface area is 235 Å². The van der Waals surface area contributed by atoms with Crippen molar-refractivity contribution >= 4 is 5.97 Å². The van der Waals surface area contributed by atoms with Crippen LogP contribution in [0.4, 0.5) is 8.78 Å². The van der Waals surface area contributed by atoms with Gasteiger partial charge in [0.15, 0.2) is 0 Å². The number of hydrogen-bond acceptors (Lipinski definition) is 3. The van der Waals surface area contributed by atoms with Crippen molar-refractivity contribution in [1.82, 2.24) is 0 Å². The highest BCUT2D eigenvalue weighted by atomic mass is 19.3. The Bertz CT molecular complexity index is 1360. The quantitative estimate of drug-likeness (QED) is 0.260. The number of halogens is 2. The molecule has 5 rings (SSSR count). The van der Waals surface area contributed by atoms with Gasteiger partial charge in [0, 0.05) is 0 Å². The van der Waals surface area contributed by atoms with E-state index in [1.807, 2.05) is 36.4 Å². The lowest BCUT2D eigenvalue weighted by Crippen LogP contribution is -2.16. The van der Waals surface area contributed by atoms with Crippen molar-refractivity contribution in [3.63, 3.8) is 0 Å². The van der Waals surface area contributed by atoms with E-state index in [0.29, 0.717) is 12.5 Å². The van der Waals surface area contributed by atoms with Crippen molar-refractivity contribution in [1.29, 1.82) is 0 Å². The van der Waals surface area contributed by atoms with E-state index >= 15 is 0 Å². The number of hydrogen-bond donors (Lipinski definition) is 1. The van der Waals surface area contributed by atoms with Crippen LogP contribution in [-0.4, -0.2) is 17.7 Å². The van der Waals surface area contributed by atoms with Gasteiger partial charge in [-0.2, -0.15) is 8.78 Å². The first-order valence-corrected chi connectivity index (χ1v) is 14.2. The molecular formula is C34H38F2O4. The SMILES string of the molecule is CC1(C)CCC[C@@H]1c1cc(COc2cccc([C@H](CC(=O)O)C3(C)CC3)c2)ccc1-c1cccc(OC(F)F)c1. The van der Waals surface area contributed by atoms with Crippen molar-refractivity contribution in [3.8, 4) is 22.6 Å². The maximum absolute atomic E-state index is 12.9. The minimum atomic E-state index is -2.87. The molecule has 2 fully saturated rings. The molecule has 2 saturated carbocycles. The van der Waals surface area contributed by atoms with Crippen molar-refractivity contribution in [3.05, 3.63) is 83.4 Å². The highest BCUT2D eigenvalue weighted by Gasteiger charge is 2.46. The molecule has 0 amide bonds. The molecule has 0 saturated heterocycles. The monoisotopic (exact) mass is 548 g/mol. The fraction of sp³-hybridized carbons (Fsp3) is 0.441.